The molecule has 12 aromatic rings. The van der Waals surface area contributed by atoms with E-state index in [2.05, 4.69) is 173 Å². The van der Waals surface area contributed by atoms with Gasteiger partial charge in [-0.2, -0.15) is 0 Å². The van der Waals surface area contributed by atoms with Gasteiger partial charge in [0.1, 0.15) is 0 Å². The molecule has 5 heteroatoms. The molecule has 3 aromatic heterocycles. The van der Waals surface area contributed by atoms with Crippen molar-refractivity contribution in [3.05, 3.63) is 224 Å². The van der Waals surface area contributed by atoms with Gasteiger partial charge in [-0.1, -0.05) is 164 Å². The van der Waals surface area contributed by atoms with E-state index in [0.717, 1.165) is 50.2 Å². The molecule has 0 aliphatic heterocycles. The van der Waals surface area contributed by atoms with Crippen molar-refractivity contribution in [3.8, 4) is 67.8 Å². The van der Waals surface area contributed by atoms with E-state index in [4.69, 9.17) is 15.0 Å². The summed E-state index contributed by atoms with van der Waals surface area (Å²) < 4.78 is 4.78. The molecule has 0 unspecified atom stereocenters. The Kier molecular flexibility index (Phi) is 8.42. The Labute approximate surface area is 358 Å². The topological polar surface area (TPSA) is 48.5 Å². The molecule has 62 heavy (non-hydrogen) atoms. The lowest BCUT2D eigenvalue weighted by Crippen LogP contribution is -2.00. The first kappa shape index (κ1) is 35.5. The highest BCUT2D eigenvalue weighted by molar-refractivity contribution is 6.12. The average Bonchev–Trinajstić information content (AvgIpc) is 3.87. The van der Waals surface area contributed by atoms with Crippen molar-refractivity contribution in [2.75, 3.05) is 0 Å². The van der Waals surface area contributed by atoms with Crippen LogP contribution in [0.15, 0.2) is 224 Å². The summed E-state index contributed by atoms with van der Waals surface area (Å²) >= 11 is 0. The molecule has 5 nitrogen and oxygen atoms in total. The number of para-hydroxylation sites is 3. The van der Waals surface area contributed by atoms with Gasteiger partial charge < -0.3 is 9.13 Å². The molecule has 3 heterocycles. The Hall–Kier alpha value is -8.41. The molecule has 9 aromatic carbocycles. The summed E-state index contributed by atoms with van der Waals surface area (Å²) in [6, 6.07) is 79.4. The van der Waals surface area contributed by atoms with E-state index in [1.165, 1.54) is 43.7 Å². The summed E-state index contributed by atoms with van der Waals surface area (Å²) in [5.41, 5.74) is 14.4. The molecule has 0 atom stereocenters. The van der Waals surface area contributed by atoms with Gasteiger partial charge in [-0.3, -0.25) is 0 Å². The molecule has 0 radical (unpaired) electrons. The molecule has 290 valence electrons. The van der Waals surface area contributed by atoms with Crippen molar-refractivity contribution in [3.63, 3.8) is 0 Å². The second kappa shape index (κ2) is 14.7. The summed E-state index contributed by atoms with van der Waals surface area (Å²) in [7, 11) is 0. The van der Waals surface area contributed by atoms with E-state index in [0.29, 0.717) is 17.5 Å². The zero-order valence-electron chi connectivity index (χ0n) is 33.6. The van der Waals surface area contributed by atoms with Crippen LogP contribution in [0.4, 0.5) is 0 Å². The maximum atomic E-state index is 5.00. The SMILES string of the molecule is c1ccc(-c2nc(-c3ccccc3)nc(-c3cccc(-c4cccc(-n5c6ccccc6c6cc(-c7ccc8c9ccccc9n(-c9ccccc9)c8c7)ccc65)c4)c3)n2)cc1. The van der Waals surface area contributed by atoms with Crippen LogP contribution in [-0.4, -0.2) is 24.1 Å². The van der Waals surface area contributed by atoms with Crippen molar-refractivity contribution in [1.29, 1.82) is 0 Å². The van der Waals surface area contributed by atoms with Crippen LogP contribution in [0.1, 0.15) is 0 Å². The summed E-state index contributed by atoms with van der Waals surface area (Å²) in [5, 5.41) is 4.94. The normalized spacial score (nSPS) is 11.5. The molecule has 0 saturated heterocycles. The van der Waals surface area contributed by atoms with Crippen LogP contribution >= 0.6 is 0 Å². The molecule has 0 amide bonds. The minimum atomic E-state index is 0.634. The lowest BCUT2D eigenvalue weighted by Gasteiger charge is -2.12. The van der Waals surface area contributed by atoms with Gasteiger partial charge in [0.05, 0.1) is 22.1 Å². The highest BCUT2D eigenvalue weighted by atomic mass is 15.0. The highest BCUT2D eigenvalue weighted by Crippen LogP contribution is 2.39. The van der Waals surface area contributed by atoms with Gasteiger partial charge in [0.25, 0.3) is 0 Å². The van der Waals surface area contributed by atoms with Gasteiger partial charge in [-0.05, 0) is 82.9 Å². The predicted octanol–water partition coefficient (Wildman–Crippen LogP) is 14.4. The van der Waals surface area contributed by atoms with Crippen molar-refractivity contribution >= 4 is 43.6 Å². The molecule has 0 aliphatic rings. The fourth-order valence-corrected chi connectivity index (χ4v) is 9.04. The van der Waals surface area contributed by atoms with Gasteiger partial charge in [0.2, 0.25) is 0 Å². The van der Waals surface area contributed by atoms with E-state index in [-0.39, 0.29) is 0 Å². The van der Waals surface area contributed by atoms with Crippen LogP contribution in [0.2, 0.25) is 0 Å². The lowest BCUT2D eigenvalue weighted by atomic mass is 10.0. The van der Waals surface area contributed by atoms with E-state index < -0.39 is 0 Å². The van der Waals surface area contributed by atoms with Crippen molar-refractivity contribution in [2.24, 2.45) is 0 Å². The van der Waals surface area contributed by atoms with Crippen LogP contribution in [0.5, 0.6) is 0 Å². The van der Waals surface area contributed by atoms with Crippen LogP contribution in [0, 0.1) is 0 Å². The second-order valence-electron chi connectivity index (χ2n) is 15.7. The minimum absolute atomic E-state index is 0.634. The zero-order valence-corrected chi connectivity index (χ0v) is 33.6. The summed E-state index contributed by atoms with van der Waals surface area (Å²) in [6.45, 7) is 0. The molecule has 0 saturated carbocycles. The highest BCUT2D eigenvalue weighted by Gasteiger charge is 2.17. The quantitative estimate of drug-likeness (QED) is 0.162. The first-order chi connectivity index (χ1) is 30.7. The maximum absolute atomic E-state index is 5.00. The van der Waals surface area contributed by atoms with Crippen LogP contribution in [-0.2, 0) is 0 Å². The van der Waals surface area contributed by atoms with Gasteiger partial charge in [0, 0.05) is 49.6 Å². The average molecular weight is 792 g/mol. The van der Waals surface area contributed by atoms with Crippen LogP contribution in [0.3, 0.4) is 0 Å². The monoisotopic (exact) mass is 791 g/mol. The van der Waals surface area contributed by atoms with Gasteiger partial charge >= 0.3 is 0 Å². The molecule has 12 rings (SSSR count). The van der Waals surface area contributed by atoms with Crippen LogP contribution in [0.25, 0.3) is 111 Å². The maximum Gasteiger partial charge on any atom is 0.164 e. The Morgan fingerprint density at radius 2 is 0.645 bits per heavy atom. The number of hydrogen-bond donors (Lipinski definition) is 0. The van der Waals surface area contributed by atoms with E-state index in [1.807, 2.05) is 60.7 Å². The Bertz CT molecular complexity index is 3570. The van der Waals surface area contributed by atoms with E-state index >= 15 is 0 Å². The molecular weight excluding hydrogens is 755 g/mol. The summed E-state index contributed by atoms with van der Waals surface area (Å²) in [5.74, 6) is 1.93. The Morgan fingerprint density at radius 3 is 1.32 bits per heavy atom. The molecular formula is C57H37N5. The van der Waals surface area contributed by atoms with Crippen molar-refractivity contribution < 1.29 is 0 Å². The molecule has 0 N–H and O–H groups in total. The largest absolute Gasteiger partial charge is 0.309 e. The zero-order chi connectivity index (χ0) is 41.0. The predicted molar refractivity (Wildman–Crippen MR) is 256 cm³/mol. The number of nitrogens with zero attached hydrogens (tertiary/aromatic N) is 5. The van der Waals surface area contributed by atoms with Gasteiger partial charge in [0.15, 0.2) is 17.5 Å². The summed E-state index contributed by atoms with van der Waals surface area (Å²) in [4.78, 5) is 14.9. The number of fused-ring (bicyclic) bond motifs is 6. The minimum Gasteiger partial charge on any atom is -0.309 e. The second-order valence-corrected chi connectivity index (χ2v) is 15.7. The van der Waals surface area contributed by atoms with E-state index in [9.17, 15) is 0 Å². The smallest absolute Gasteiger partial charge is 0.164 e. The molecule has 0 aliphatic carbocycles. The third-order valence-electron chi connectivity index (χ3n) is 12.0. The standard InChI is InChI=1S/C57H37N5/c1-4-16-38(17-5-1)55-58-56(39-18-6-2-7-19-39)60-57(59-55)44-22-14-20-40(34-44)41-21-15-25-46(35-41)62-52-29-13-11-27-48(52)50-36-42(31-33-53(50)62)43-30-32-49-47-26-10-12-28-51(47)61(54(49)37-43)45-23-8-3-9-24-45/h1-37H. The van der Waals surface area contributed by atoms with Crippen molar-refractivity contribution in [1.82, 2.24) is 24.1 Å². The lowest BCUT2D eigenvalue weighted by molar-refractivity contribution is 1.07. The van der Waals surface area contributed by atoms with Crippen molar-refractivity contribution in [2.45, 2.75) is 0 Å². The first-order valence-electron chi connectivity index (χ1n) is 20.9. The Morgan fingerprint density at radius 1 is 0.226 bits per heavy atom. The fraction of sp³-hybridized carbons (Fsp3) is 0. The number of hydrogen-bond acceptors (Lipinski definition) is 3. The summed E-state index contributed by atoms with van der Waals surface area (Å²) in [6.07, 6.45) is 0. The molecule has 0 spiro atoms. The van der Waals surface area contributed by atoms with Crippen LogP contribution < -0.4 is 0 Å². The third-order valence-corrected chi connectivity index (χ3v) is 12.0. The first-order valence-corrected chi connectivity index (χ1v) is 20.9. The number of rotatable bonds is 7. The third kappa shape index (κ3) is 6.06. The Balaban J connectivity index is 0.952. The van der Waals surface area contributed by atoms with Gasteiger partial charge in [-0.25, -0.2) is 15.0 Å². The molecule has 0 fully saturated rings. The number of aromatic nitrogens is 5. The van der Waals surface area contributed by atoms with Gasteiger partial charge in [-0.15, -0.1) is 0 Å². The fourth-order valence-electron chi connectivity index (χ4n) is 9.04. The molecule has 0 bridgehead atoms. The number of benzene rings is 9. The van der Waals surface area contributed by atoms with E-state index in [1.54, 1.807) is 0 Å².